The second-order valence-corrected chi connectivity index (χ2v) is 5.15. The minimum Gasteiger partial charge on any atom is -0.483 e. The van der Waals surface area contributed by atoms with Crippen LogP contribution in [0.25, 0.3) is 0 Å². The van der Waals surface area contributed by atoms with Gasteiger partial charge in [-0.15, -0.1) is 0 Å². The van der Waals surface area contributed by atoms with E-state index in [1.54, 1.807) is 6.07 Å². The Morgan fingerprint density at radius 3 is 2.38 bits per heavy atom. The van der Waals surface area contributed by atoms with Crippen LogP contribution < -0.4 is 4.74 Å². The van der Waals surface area contributed by atoms with Crippen molar-refractivity contribution in [1.29, 1.82) is 0 Å². The molecule has 4 nitrogen and oxygen atoms in total. The van der Waals surface area contributed by atoms with Gasteiger partial charge in [0.1, 0.15) is 11.5 Å². The molecule has 0 spiro atoms. The summed E-state index contributed by atoms with van der Waals surface area (Å²) in [5.41, 5.74) is 1.28. The minimum absolute atomic E-state index is 0.0763. The van der Waals surface area contributed by atoms with Gasteiger partial charge in [-0.3, -0.25) is 0 Å². The van der Waals surface area contributed by atoms with Crippen LogP contribution in [0.1, 0.15) is 61.1 Å². The molecule has 1 heterocycles. The first-order valence-electron chi connectivity index (χ1n) is 7.11. The highest BCUT2D eigenvalue weighted by Crippen LogP contribution is 2.26. The average molecular weight is 288 g/mol. The zero-order valence-corrected chi connectivity index (χ0v) is 12.5. The van der Waals surface area contributed by atoms with E-state index in [2.05, 4.69) is 26.0 Å². The molecule has 0 aliphatic heterocycles. The summed E-state index contributed by atoms with van der Waals surface area (Å²) in [7, 11) is 0. The number of hydrogen-bond donors (Lipinski definition) is 1. The van der Waals surface area contributed by atoms with Crippen LogP contribution in [0.4, 0.5) is 0 Å². The van der Waals surface area contributed by atoms with Gasteiger partial charge in [-0.05, 0) is 49.1 Å². The van der Waals surface area contributed by atoms with Crippen LogP contribution in [0.15, 0.2) is 40.8 Å². The minimum atomic E-state index is -1.08. The van der Waals surface area contributed by atoms with Crippen LogP contribution in [0.3, 0.4) is 0 Å². The number of carboxylic acids is 1. The van der Waals surface area contributed by atoms with Crippen molar-refractivity contribution in [2.24, 2.45) is 0 Å². The number of benzene rings is 1. The van der Waals surface area contributed by atoms with Gasteiger partial charge in [0.2, 0.25) is 5.76 Å². The molecule has 21 heavy (non-hydrogen) atoms. The Bertz CT molecular complexity index is 598. The number of rotatable bonds is 6. The van der Waals surface area contributed by atoms with Gasteiger partial charge >= 0.3 is 5.97 Å². The van der Waals surface area contributed by atoms with E-state index in [9.17, 15) is 4.79 Å². The quantitative estimate of drug-likeness (QED) is 0.841. The molecule has 2 unspecified atom stereocenters. The molecular formula is C17H20O4. The van der Waals surface area contributed by atoms with Crippen molar-refractivity contribution in [3.8, 4) is 5.75 Å². The van der Waals surface area contributed by atoms with Crippen molar-refractivity contribution in [1.82, 2.24) is 0 Å². The summed E-state index contributed by atoms with van der Waals surface area (Å²) in [5.74, 6) is 0.611. The Morgan fingerprint density at radius 2 is 1.86 bits per heavy atom. The van der Waals surface area contributed by atoms with E-state index in [-0.39, 0.29) is 11.9 Å². The van der Waals surface area contributed by atoms with Gasteiger partial charge < -0.3 is 14.3 Å². The summed E-state index contributed by atoms with van der Waals surface area (Å²) < 4.78 is 11.0. The maximum Gasteiger partial charge on any atom is 0.371 e. The molecule has 0 radical (unpaired) electrons. The standard InChI is InChI=1S/C17H20O4/c1-4-11(2)13-5-7-14(8-6-13)20-12(3)15-9-10-16(21-15)17(18)19/h5-12H,4H2,1-3H3,(H,18,19). The molecule has 1 aromatic heterocycles. The molecule has 2 atom stereocenters. The van der Waals surface area contributed by atoms with Gasteiger partial charge in [-0.25, -0.2) is 4.79 Å². The van der Waals surface area contributed by atoms with Crippen LogP contribution in [-0.2, 0) is 0 Å². The molecule has 1 aromatic carbocycles. The summed E-state index contributed by atoms with van der Waals surface area (Å²) in [6.07, 6.45) is 0.758. The summed E-state index contributed by atoms with van der Waals surface area (Å²) in [4.78, 5) is 10.8. The van der Waals surface area contributed by atoms with Crippen molar-refractivity contribution in [3.63, 3.8) is 0 Å². The van der Waals surface area contributed by atoms with Crippen molar-refractivity contribution in [2.45, 2.75) is 39.2 Å². The van der Waals surface area contributed by atoms with E-state index < -0.39 is 5.97 Å². The van der Waals surface area contributed by atoms with Crippen molar-refractivity contribution < 1.29 is 19.1 Å². The molecule has 0 fully saturated rings. The van der Waals surface area contributed by atoms with E-state index in [1.165, 1.54) is 11.6 Å². The van der Waals surface area contributed by atoms with Crippen LogP contribution in [0, 0.1) is 0 Å². The van der Waals surface area contributed by atoms with Crippen molar-refractivity contribution in [3.05, 3.63) is 53.5 Å². The predicted octanol–water partition coefficient (Wildman–Crippen LogP) is 4.63. The molecule has 0 amide bonds. The lowest BCUT2D eigenvalue weighted by atomic mass is 9.99. The van der Waals surface area contributed by atoms with Crippen LogP contribution in [-0.4, -0.2) is 11.1 Å². The number of carbonyl (C=O) groups is 1. The molecule has 4 heteroatoms. The van der Waals surface area contributed by atoms with Gasteiger partial charge in [-0.2, -0.15) is 0 Å². The third kappa shape index (κ3) is 3.66. The topological polar surface area (TPSA) is 59.7 Å². The predicted molar refractivity (Wildman–Crippen MR) is 79.9 cm³/mol. The summed E-state index contributed by atoms with van der Waals surface area (Å²) in [6.45, 7) is 6.18. The third-order valence-electron chi connectivity index (χ3n) is 3.61. The Kier molecular flexibility index (Phi) is 4.68. The van der Waals surface area contributed by atoms with E-state index in [1.807, 2.05) is 19.1 Å². The first-order valence-corrected chi connectivity index (χ1v) is 7.11. The van der Waals surface area contributed by atoms with E-state index >= 15 is 0 Å². The molecule has 1 N–H and O–H groups in total. The summed E-state index contributed by atoms with van der Waals surface area (Å²) >= 11 is 0. The molecule has 2 rings (SSSR count). The third-order valence-corrected chi connectivity index (χ3v) is 3.61. The molecule has 0 bridgehead atoms. The first-order chi connectivity index (χ1) is 10.0. The Morgan fingerprint density at radius 1 is 1.19 bits per heavy atom. The van der Waals surface area contributed by atoms with E-state index in [0.717, 1.165) is 12.2 Å². The van der Waals surface area contributed by atoms with Crippen LogP contribution in [0.2, 0.25) is 0 Å². The van der Waals surface area contributed by atoms with Gasteiger partial charge in [-0.1, -0.05) is 26.0 Å². The smallest absolute Gasteiger partial charge is 0.371 e. The number of carboxylic acid groups (broad SMARTS) is 1. The number of ether oxygens (including phenoxy) is 1. The Labute approximate surface area is 124 Å². The lowest BCUT2D eigenvalue weighted by Gasteiger charge is -2.14. The van der Waals surface area contributed by atoms with E-state index in [4.69, 9.17) is 14.3 Å². The second-order valence-electron chi connectivity index (χ2n) is 5.15. The zero-order chi connectivity index (χ0) is 15.4. The highest BCUT2D eigenvalue weighted by molar-refractivity contribution is 5.84. The highest BCUT2D eigenvalue weighted by Gasteiger charge is 2.15. The second kappa shape index (κ2) is 6.48. The van der Waals surface area contributed by atoms with Gasteiger partial charge in [0.25, 0.3) is 0 Å². The van der Waals surface area contributed by atoms with Gasteiger partial charge in [0.05, 0.1) is 0 Å². The number of hydrogen-bond acceptors (Lipinski definition) is 3. The number of aromatic carboxylic acids is 1. The molecule has 0 saturated carbocycles. The average Bonchev–Trinajstić information content (AvgIpc) is 2.97. The monoisotopic (exact) mass is 288 g/mol. The molecule has 2 aromatic rings. The lowest BCUT2D eigenvalue weighted by Crippen LogP contribution is -2.02. The van der Waals surface area contributed by atoms with Crippen LogP contribution in [0.5, 0.6) is 5.75 Å². The number of furan rings is 1. The first kappa shape index (κ1) is 15.2. The fourth-order valence-corrected chi connectivity index (χ4v) is 2.06. The Balaban J connectivity index is 2.04. The zero-order valence-electron chi connectivity index (χ0n) is 12.5. The largest absolute Gasteiger partial charge is 0.483 e. The maximum absolute atomic E-state index is 10.8. The highest BCUT2D eigenvalue weighted by atomic mass is 16.5. The fraction of sp³-hybridized carbons (Fsp3) is 0.353. The van der Waals surface area contributed by atoms with Gasteiger partial charge in [0.15, 0.2) is 6.10 Å². The summed E-state index contributed by atoms with van der Waals surface area (Å²) in [6, 6.07) is 11.0. The van der Waals surface area contributed by atoms with Gasteiger partial charge in [0, 0.05) is 0 Å². The van der Waals surface area contributed by atoms with Crippen LogP contribution >= 0.6 is 0 Å². The molecule has 112 valence electrons. The maximum atomic E-state index is 10.8. The molecule has 0 aliphatic rings. The Hall–Kier alpha value is -2.23. The molecule has 0 aliphatic carbocycles. The molecular weight excluding hydrogens is 268 g/mol. The van der Waals surface area contributed by atoms with Crippen molar-refractivity contribution >= 4 is 5.97 Å². The van der Waals surface area contributed by atoms with E-state index in [0.29, 0.717) is 11.7 Å². The lowest BCUT2D eigenvalue weighted by molar-refractivity contribution is 0.0655. The normalized spacial score (nSPS) is 13.7. The summed E-state index contributed by atoms with van der Waals surface area (Å²) in [5, 5.41) is 8.84. The van der Waals surface area contributed by atoms with Crippen molar-refractivity contribution in [2.75, 3.05) is 0 Å². The SMILES string of the molecule is CCC(C)c1ccc(OC(C)c2ccc(C(=O)O)o2)cc1. The fourth-order valence-electron chi connectivity index (χ4n) is 2.06. The molecule has 0 saturated heterocycles.